The Labute approximate surface area is 289 Å². The normalized spacial score (nSPS) is 10.7. The van der Waals surface area contributed by atoms with Crippen molar-refractivity contribution in [3.05, 3.63) is 64.9 Å². The largest absolute Gasteiger partial charge is 0.494 e. The molecule has 0 bridgehead atoms. The predicted octanol–water partition coefficient (Wildman–Crippen LogP) is 6.07. The Morgan fingerprint density at radius 1 is 0.735 bits per heavy atom. The number of furan rings is 1. The van der Waals surface area contributed by atoms with Crippen molar-refractivity contribution in [3.8, 4) is 5.75 Å². The van der Waals surface area contributed by atoms with Gasteiger partial charge in [0.25, 0.3) is 0 Å². The average molecular weight is 687 g/mol. The van der Waals surface area contributed by atoms with Crippen LogP contribution < -0.4 is 4.74 Å². The minimum Gasteiger partial charge on any atom is -0.494 e. The minimum atomic E-state index is -1.82. The zero-order valence-corrected chi connectivity index (χ0v) is 29.6. The molecule has 1 aromatic heterocycles. The van der Waals surface area contributed by atoms with E-state index in [1.54, 1.807) is 18.2 Å². The van der Waals surface area contributed by atoms with Crippen molar-refractivity contribution in [2.75, 3.05) is 53.5 Å². The van der Waals surface area contributed by atoms with Gasteiger partial charge in [0.05, 0.1) is 24.3 Å². The third kappa shape index (κ3) is 16.1. The molecule has 3 aromatic rings. The molecule has 2 aromatic carbocycles. The van der Waals surface area contributed by atoms with Crippen molar-refractivity contribution >= 4 is 34.7 Å². The smallest absolute Gasteiger partial charge is 0.414 e. The van der Waals surface area contributed by atoms with Gasteiger partial charge in [0, 0.05) is 30.5 Å². The van der Waals surface area contributed by atoms with Crippen LogP contribution in [0.3, 0.4) is 0 Å². The van der Waals surface area contributed by atoms with Gasteiger partial charge in [0.15, 0.2) is 5.78 Å². The number of ether oxygens (including phenoxy) is 1. The number of nitrogens with zero attached hydrogens (tertiary/aromatic N) is 2. The lowest BCUT2D eigenvalue weighted by molar-refractivity contribution is -0.159. The lowest BCUT2D eigenvalue weighted by Gasteiger charge is -2.21. The monoisotopic (exact) mass is 686 g/mol. The van der Waals surface area contributed by atoms with Crippen LogP contribution in [-0.4, -0.2) is 107 Å². The highest BCUT2D eigenvalue weighted by Gasteiger charge is 2.23. The van der Waals surface area contributed by atoms with Crippen LogP contribution in [0.2, 0.25) is 0 Å². The van der Waals surface area contributed by atoms with E-state index in [2.05, 4.69) is 25.7 Å². The van der Waals surface area contributed by atoms with E-state index in [0.717, 1.165) is 51.2 Å². The number of carbonyl (C=O) groups is 4. The van der Waals surface area contributed by atoms with Gasteiger partial charge >= 0.3 is 17.9 Å². The Bertz CT molecular complexity index is 1410. The summed E-state index contributed by atoms with van der Waals surface area (Å²) in [5, 5.41) is 33.0. The Morgan fingerprint density at radius 3 is 1.76 bits per heavy atom. The summed E-state index contributed by atoms with van der Waals surface area (Å²) in [7, 11) is 3.85. The van der Waals surface area contributed by atoms with E-state index in [-0.39, 0.29) is 18.0 Å². The number of hydrogen-bond acceptors (Lipinski definition) is 9. The van der Waals surface area contributed by atoms with E-state index in [1.807, 2.05) is 31.1 Å². The summed E-state index contributed by atoms with van der Waals surface area (Å²) in [5.74, 6) is -3.49. The average Bonchev–Trinajstić information content (AvgIpc) is 3.44. The number of rotatable bonds is 19. The number of benzene rings is 2. The van der Waals surface area contributed by atoms with E-state index in [9.17, 15) is 14.7 Å². The summed E-state index contributed by atoms with van der Waals surface area (Å²) in [6.45, 7) is 11.5. The van der Waals surface area contributed by atoms with Crippen LogP contribution in [0.1, 0.15) is 97.8 Å². The van der Waals surface area contributed by atoms with E-state index in [1.165, 1.54) is 37.8 Å². The molecule has 0 saturated heterocycles. The molecule has 0 atom stereocenters. The number of aromatic carboxylic acids is 1. The Kier molecular flexibility index (Phi) is 20.9. The molecular weight excluding hydrogens is 632 g/mol. The number of carbonyl (C=O) groups excluding carboxylic acids is 1. The highest BCUT2D eigenvalue weighted by atomic mass is 16.5. The molecule has 0 fully saturated rings. The molecule has 0 radical (unpaired) electrons. The lowest BCUT2D eigenvalue weighted by atomic mass is 9.97. The van der Waals surface area contributed by atoms with Crippen molar-refractivity contribution in [1.29, 1.82) is 0 Å². The van der Waals surface area contributed by atoms with Crippen molar-refractivity contribution in [3.63, 3.8) is 0 Å². The zero-order valence-electron chi connectivity index (χ0n) is 29.6. The van der Waals surface area contributed by atoms with Crippen LogP contribution in [0, 0.1) is 0 Å². The first-order valence-corrected chi connectivity index (χ1v) is 16.9. The number of ketones is 1. The second-order valence-corrected chi connectivity index (χ2v) is 11.8. The summed E-state index contributed by atoms with van der Waals surface area (Å²) in [4.78, 5) is 47.7. The molecule has 0 amide bonds. The highest BCUT2D eigenvalue weighted by Crippen LogP contribution is 2.31. The van der Waals surface area contributed by atoms with E-state index in [4.69, 9.17) is 34.1 Å². The molecular formula is C37H54N2O10. The van der Waals surface area contributed by atoms with Gasteiger partial charge in [-0.05, 0) is 95.3 Å². The fourth-order valence-corrected chi connectivity index (χ4v) is 4.67. The third-order valence-electron chi connectivity index (χ3n) is 7.38. The first-order valence-electron chi connectivity index (χ1n) is 16.9. The number of carboxylic acid groups (broad SMARTS) is 3. The van der Waals surface area contributed by atoms with Gasteiger partial charge in [-0.2, -0.15) is 0 Å². The molecule has 0 aliphatic carbocycles. The maximum Gasteiger partial charge on any atom is 0.414 e. The number of fused-ring (bicyclic) bond motifs is 1. The number of carboxylic acids is 3. The van der Waals surface area contributed by atoms with Gasteiger partial charge in [-0.1, -0.05) is 40.0 Å². The van der Waals surface area contributed by atoms with Gasteiger partial charge in [-0.3, -0.25) is 4.79 Å². The molecule has 0 spiro atoms. The SMILES string of the molecule is CCCCc1oc2ccc(C(=O)O)cc2c1C(=O)c1ccc(OCCCN(CCCC)CCCC)cc1.CN(C)CCO.O=C(O)C(=O)O. The van der Waals surface area contributed by atoms with Gasteiger partial charge in [-0.25, -0.2) is 14.4 Å². The molecule has 12 nitrogen and oxygen atoms in total. The van der Waals surface area contributed by atoms with Crippen molar-refractivity contribution in [1.82, 2.24) is 9.80 Å². The van der Waals surface area contributed by atoms with Crippen molar-refractivity contribution in [2.24, 2.45) is 0 Å². The number of aliphatic hydroxyl groups is 1. The summed E-state index contributed by atoms with van der Waals surface area (Å²) in [6, 6.07) is 11.9. The fraction of sp³-hybridized carbons (Fsp3) is 0.514. The summed E-state index contributed by atoms with van der Waals surface area (Å²) in [5.41, 5.74) is 1.65. The van der Waals surface area contributed by atoms with Gasteiger partial charge < -0.3 is 39.4 Å². The predicted molar refractivity (Wildman–Crippen MR) is 189 cm³/mol. The van der Waals surface area contributed by atoms with Crippen LogP contribution in [0.4, 0.5) is 0 Å². The Morgan fingerprint density at radius 2 is 1.29 bits per heavy atom. The molecule has 3 rings (SSSR count). The number of likely N-dealkylation sites (N-methyl/N-ethyl adjacent to an activating group) is 1. The van der Waals surface area contributed by atoms with Gasteiger partial charge in [0.2, 0.25) is 0 Å². The number of aryl methyl sites for hydroxylation is 1. The maximum absolute atomic E-state index is 13.6. The van der Waals surface area contributed by atoms with Gasteiger partial charge in [0.1, 0.15) is 17.1 Å². The fourth-order valence-electron chi connectivity index (χ4n) is 4.67. The van der Waals surface area contributed by atoms with E-state index >= 15 is 0 Å². The Balaban J connectivity index is 0.000000853. The molecule has 49 heavy (non-hydrogen) atoms. The van der Waals surface area contributed by atoms with Crippen LogP contribution in [-0.2, 0) is 16.0 Å². The molecule has 1 heterocycles. The molecule has 12 heteroatoms. The zero-order chi connectivity index (χ0) is 36.8. The number of aliphatic hydroxyl groups excluding tert-OH is 1. The summed E-state index contributed by atoms with van der Waals surface area (Å²) < 4.78 is 12.0. The van der Waals surface area contributed by atoms with Crippen molar-refractivity contribution < 1.29 is 48.8 Å². The third-order valence-corrected chi connectivity index (χ3v) is 7.38. The standard InChI is InChI=1S/C31H41NO5.C4H11NO.C2H2O4/c1-4-7-11-28-29(26-22-24(31(34)35)14-17-27(26)37-28)30(33)23-12-15-25(16-13-23)36-21-10-20-32(18-8-5-2)19-9-6-3;1-5(2)3-4-6;3-1(4)2(5)6/h12-17,22H,4-11,18-21H2,1-3H3,(H,34,35);6H,3-4H2,1-2H3;(H,3,4)(H,5,6). The van der Waals surface area contributed by atoms with E-state index in [0.29, 0.717) is 40.9 Å². The van der Waals surface area contributed by atoms with E-state index < -0.39 is 17.9 Å². The molecule has 0 aliphatic rings. The topological polar surface area (TPSA) is 178 Å². The maximum atomic E-state index is 13.6. The number of hydrogen-bond donors (Lipinski definition) is 4. The molecule has 272 valence electrons. The molecule has 0 unspecified atom stereocenters. The molecule has 4 N–H and O–H groups in total. The van der Waals surface area contributed by atoms with Crippen LogP contribution in [0.15, 0.2) is 46.9 Å². The molecule has 0 aliphatic heterocycles. The number of unbranched alkanes of at least 4 members (excludes halogenated alkanes) is 3. The van der Waals surface area contributed by atoms with Crippen LogP contribution in [0.25, 0.3) is 11.0 Å². The summed E-state index contributed by atoms with van der Waals surface area (Å²) in [6.07, 6.45) is 8.30. The quantitative estimate of drug-likeness (QED) is 0.0651. The van der Waals surface area contributed by atoms with Crippen LogP contribution >= 0.6 is 0 Å². The number of aliphatic carboxylic acids is 2. The lowest BCUT2D eigenvalue weighted by Crippen LogP contribution is -2.28. The Hall–Kier alpha value is -4.26. The molecule has 0 saturated carbocycles. The first-order chi connectivity index (χ1) is 23.4. The van der Waals surface area contributed by atoms with Gasteiger partial charge in [-0.15, -0.1) is 0 Å². The second-order valence-electron chi connectivity index (χ2n) is 11.8. The van der Waals surface area contributed by atoms with Crippen molar-refractivity contribution in [2.45, 2.75) is 72.1 Å². The minimum absolute atomic E-state index is 0.135. The van der Waals surface area contributed by atoms with Crippen LogP contribution in [0.5, 0.6) is 5.75 Å². The summed E-state index contributed by atoms with van der Waals surface area (Å²) >= 11 is 0. The second kappa shape index (κ2) is 24.0. The first kappa shape index (κ1) is 42.8. The highest BCUT2D eigenvalue weighted by molar-refractivity contribution is 6.27.